The van der Waals surface area contributed by atoms with Crippen LogP contribution in [-0.2, 0) is 14.8 Å². The van der Waals surface area contributed by atoms with E-state index in [0.29, 0.717) is 37.0 Å². The number of halogens is 1. The highest BCUT2D eigenvalue weighted by atomic mass is 35.5. The Labute approximate surface area is 142 Å². The SMILES string of the molecule is COCC(C)Oc1ccc(Cl)cc1S(=O)(=O)N1CCCNCC1. The maximum atomic E-state index is 13.0. The van der Waals surface area contributed by atoms with Gasteiger partial charge in [-0.1, -0.05) is 11.6 Å². The fourth-order valence-electron chi connectivity index (χ4n) is 2.47. The molecule has 0 saturated carbocycles. The minimum Gasteiger partial charge on any atom is -0.487 e. The Bertz CT molecular complexity index is 616. The van der Waals surface area contributed by atoms with Crippen molar-refractivity contribution in [2.45, 2.75) is 24.3 Å². The third-order valence-electron chi connectivity index (χ3n) is 3.55. The lowest BCUT2D eigenvalue weighted by Gasteiger charge is -2.23. The van der Waals surface area contributed by atoms with Gasteiger partial charge in [0.2, 0.25) is 10.0 Å². The minimum absolute atomic E-state index is 0.106. The third kappa shape index (κ3) is 4.81. The topological polar surface area (TPSA) is 67.9 Å². The van der Waals surface area contributed by atoms with E-state index in [9.17, 15) is 8.42 Å². The third-order valence-corrected chi connectivity index (χ3v) is 5.71. The van der Waals surface area contributed by atoms with E-state index in [1.807, 2.05) is 6.92 Å². The Morgan fingerprint density at radius 2 is 2.13 bits per heavy atom. The Hall–Kier alpha value is -0.860. The molecular weight excluding hydrogens is 340 g/mol. The number of rotatable bonds is 6. The van der Waals surface area contributed by atoms with Crippen molar-refractivity contribution in [2.24, 2.45) is 0 Å². The first-order valence-electron chi connectivity index (χ1n) is 7.61. The van der Waals surface area contributed by atoms with Gasteiger partial charge in [0.1, 0.15) is 16.7 Å². The molecule has 0 bridgehead atoms. The monoisotopic (exact) mass is 362 g/mol. The summed E-state index contributed by atoms with van der Waals surface area (Å²) in [5, 5.41) is 3.56. The van der Waals surface area contributed by atoms with Gasteiger partial charge in [-0.05, 0) is 38.1 Å². The van der Waals surface area contributed by atoms with Crippen LogP contribution < -0.4 is 10.1 Å². The lowest BCUT2D eigenvalue weighted by molar-refractivity contribution is 0.0900. The summed E-state index contributed by atoms with van der Waals surface area (Å²) in [6, 6.07) is 4.67. The van der Waals surface area contributed by atoms with Crippen molar-refractivity contribution in [3.8, 4) is 5.75 Å². The van der Waals surface area contributed by atoms with E-state index in [-0.39, 0.29) is 11.0 Å². The highest BCUT2D eigenvalue weighted by Gasteiger charge is 2.29. The standard InChI is InChI=1S/C15H23ClN2O4S/c1-12(11-21-2)22-14-5-4-13(16)10-15(14)23(19,20)18-8-3-6-17-7-9-18/h4-5,10,12,17H,3,6-9,11H2,1-2H3. The summed E-state index contributed by atoms with van der Waals surface area (Å²) in [4.78, 5) is 0.106. The molecule has 1 fully saturated rings. The van der Waals surface area contributed by atoms with E-state index in [1.165, 1.54) is 10.4 Å². The second-order valence-electron chi connectivity index (χ2n) is 5.48. The summed E-state index contributed by atoms with van der Waals surface area (Å²) in [6.07, 6.45) is 0.511. The molecule has 1 unspecified atom stereocenters. The molecule has 1 heterocycles. The van der Waals surface area contributed by atoms with Crippen LogP contribution in [0.25, 0.3) is 0 Å². The maximum Gasteiger partial charge on any atom is 0.246 e. The number of nitrogens with zero attached hydrogens (tertiary/aromatic N) is 1. The Morgan fingerprint density at radius 1 is 1.35 bits per heavy atom. The molecule has 0 amide bonds. The van der Waals surface area contributed by atoms with Gasteiger partial charge >= 0.3 is 0 Å². The number of ether oxygens (including phenoxy) is 2. The zero-order valence-corrected chi connectivity index (χ0v) is 15.0. The highest BCUT2D eigenvalue weighted by Crippen LogP contribution is 2.30. The van der Waals surface area contributed by atoms with Crippen LogP contribution in [0.15, 0.2) is 23.1 Å². The normalized spacial score (nSPS) is 18.4. The largest absolute Gasteiger partial charge is 0.487 e. The Kier molecular flexibility index (Phi) is 6.67. The van der Waals surface area contributed by atoms with Crippen molar-refractivity contribution < 1.29 is 17.9 Å². The van der Waals surface area contributed by atoms with Crippen molar-refractivity contribution >= 4 is 21.6 Å². The molecule has 1 aliphatic rings. The smallest absolute Gasteiger partial charge is 0.246 e. The van der Waals surface area contributed by atoms with E-state index in [4.69, 9.17) is 21.1 Å². The first-order chi connectivity index (χ1) is 10.9. The first-order valence-corrected chi connectivity index (χ1v) is 9.43. The minimum atomic E-state index is -3.66. The molecule has 1 N–H and O–H groups in total. The second-order valence-corrected chi connectivity index (χ2v) is 7.83. The number of nitrogens with one attached hydrogen (secondary N) is 1. The summed E-state index contributed by atoms with van der Waals surface area (Å²) >= 11 is 6.02. The van der Waals surface area contributed by atoms with E-state index in [0.717, 1.165) is 13.0 Å². The summed E-state index contributed by atoms with van der Waals surface area (Å²) in [7, 11) is -2.08. The summed E-state index contributed by atoms with van der Waals surface area (Å²) < 4.78 is 38.2. The fraction of sp³-hybridized carbons (Fsp3) is 0.600. The lowest BCUT2D eigenvalue weighted by atomic mass is 10.3. The molecule has 1 atom stereocenters. The molecule has 1 aromatic rings. The van der Waals surface area contributed by atoms with Gasteiger partial charge in [-0.3, -0.25) is 0 Å². The van der Waals surface area contributed by atoms with Crippen molar-refractivity contribution in [2.75, 3.05) is 39.9 Å². The molecule has 0 aliphatic carbocycles. The lowest BCUT2D eigenvalue weighted by Crippen LogP contribution is -2.34. The maximum absolute atomic E-state index is 13.0. The van der Waals surface area contributed by atoms with E-state index >= 15 is 0 Å². The average Bonchev–Trinajstić information content (AvgIpc) is 2.79. The predicted molar refractivity (Wildman–Crippen MR) is 89.7 cm³/mol. The molecule has 1 aromatic carbocycles. The quantitative estimate of drug-likeness (QED) is 0.834. The van der Waals surface area contributed by atoms with Gasteiger partial charge in [-0.2, -0.15) is 4.31 Å². The van der Waals surface area contributed by atoms with Gasteiger partial charge in [0.25, 0.3) is 0 Å². The molecule has 2 rings (SSSR count). The number of methoxy groups -OCH3 is 1. The summed E-state index contributed by atoms with van der Waals surface area (Å²) in [5.74, 6) is 0.302. The van der Waals surface area contributed by atoms with Crippen LogP contribution in [0.2, 0.25) is 5.02 Å². The number of hydrogen-bond donors (Lipinski definition) is 1. The van der Waals surface area contributed by atoms with E-state index in [1.54, 1.807) is 19.2 Å². The van der Waals surface area contributed by atoms with Crippen LogP contribution in [0.4, 0.5) is 0 Å². The Morgan fingerprint density at radius 3 is 2.87 bits per heavy atom. The molecule has 23 heavy (non-hydrogen) atoms. The van der Waals surface area contributed by atoms with Crippen LogP contribution in [0.3, 0.4) is 0 Å². The summed E-state index contributed by atoms with van der Waals surface area (Å²) in [6.45, 7) is 4.56. The molecule has 0 aromatic heterocycles. The highest BCUT2D eigenvalue weighted by molar-refractivity contribution is 7.89. The van der Waals surface area contributed by atoms with Gasteiger partial charge in [0.05, 0.1) is 6.61 Å². The van der Waals surface area contributed by atoms with E-state index < -0.39 is 10.0 Å². The van der Waals surface area contributed by atoms with Gasteiger partial charge in [-0.25, -0.2) is 8.42 Å². The van der Waals surface area contributed by atoms with Crippen molar-refractivity contribution in [1.82, 2.24) is 9.62 Å². The van der Waals surface area contributed by atoms with Crippen LogP contribution >= 0.6 is 11.6 Å². The molecule has 0 radical (unpaired) electrons. The van der Waals surface area contributed by atoms with Gasteiger partial charge in [-0.15, -0.1) is 0 Å². The molecule has 130 valence electrons. The predicted octanol–water partition coefficient (Wildman–Crippen LogP) is 1.74. The molecule has 8 heteroatoms. The van der Waals surface area contributed by atoms with E-state index in [2.05, 4.69) is 5.32 Å². The van der Waals surface area contributed by atoms with Crippen molar-refractivity contribution in [3.63, 3.8) is 0 Å². The zero-order valence-electron chi connectivity index (χ0n) is 13.4. The van der Waals surface area contributed by atoms with Crippen LogP contribution in [0.5, 0.6) is 5.75 Å². The van der Waals surface area contributed by atoms with Crippen LogP contribution in [0.1, 0.15) is 13.3 Å². The van der Waals surface area contributed by atoms with Gasteiger partial charge < -0.3 is 14.8 Å². The molecule has 6 nitrogen and oxygen atoms in total. The average molecular weight is 363 g/mol. The van der Waals surface area contributed by atoms with Crippen molar-refractivity contribution in [3.05, 3.63) is 23.2 Å². The Balaban J connectivity index is 2.33. The number of benzene rings is 1. The van der Waals surface area contributed by atoms with Gasteiger partial charge in [0, 0.05) is 31.8 Å². The molecule has 1 aliphatic heterocycles. The molecule has 0 spiro atoms. The van der Waals surface area contributed by atoms with Crippen molar-refractivity contribution in [1.29, 1.82) is 0 Å². The molecule has 1 saturated heterocycles. The van der Waals surface area contributed by atoms with Crippen LogP contribution in [-0.4, -0.2) is 58.7 Å². The number of hydrogen-bond acceptors (Lipinski definition) is 5. The number of sulfonamides is 1. The summed E-state index contributed by atoms with van der Waals surface area (Å²) in [5.41, 5.74) is 0. The second kappa shape index (κ2) is 8.30. The first kappa shape index (κ1) is 18.5. The van der Waals surface area contributed by atoms with Crippen LogP contribution in [0, 0.1) is 0 Å². The fourth-order valence-corrected chi connectivity index (χ4v) is 4.33. The molecular formula is C15H23ClN2O4S. The zero-order chi connectivity index (χ0) is 16.9. The van der Waals surface area contributed by atoms with Gasteiger partial charge in [0.15, 0.2) is 0 Å².